The molecule has 2 rings (SSSR count). The fraction of sp³-hybridized carbons (Fsp3) is 0.381. The Morgan fingerprint density at radius 3 is 2.48 bits per heavy atom. The molecule has 0 aromatic heterocycles. The van der Waals surface area contributed by atoms with Crippen molar-refractivity contribution in [2.75, 3.05) is 7.11 Å². The average Bonchev–Trinajstić information content (AvgIpc) is 2.56. The lowest BCUT2D eigenvalue weighted by Crippen LogP contribution is -2.03. The van der Waals surface area contributed by atoms with Gasteiger partial charge in [-0.1, -0.05) is 19.1 Å². The first-order valence-corrected chi connectivity index (χ1v) is 8.51. The molecule has 25 heavy (non-hydrogen) atoms. The molecular weight excluding hydrogens is 319 g/mol. The summed E-state index contributed by atoms with van der Waals surface area (Å²) < 4.78 is 18.4. The lowest BCUT2D eigenvalue weighted by atomic mass is 9.92. The van der Waals surface area contributed by atoms with Crippen molar-refractivity contribution >= 4 is 5.78 Å². The van der Waals surface area contributed by atoms with Crippen LogP contribution in [0.15, 0.2) is 30.3 Å². The van der Waals surface area contributed by atoms with Crippen LogP contribution in [-0.4, -0.2) is 18.0 Å². The minimum Gasteiger partial charge on any atom is -0.507 e. The van der Waals surface area contributed by atoms with Crippen molar-refractivity contribution in [3.63, 3.8) is 0 Å². The number of phenols is 1. The number of halogens is 1. The molecule has 0 aliphatic carbocycles. The van der Waals surface area contributed by atoms with Gasteiger partial charge in [-0.2, -0.15) is 0 Å². The summed E-state index contributed by atoms with van der Waals surface area (Å²) in [7, 11) is 1.56. The summed E-state index contributed by atoms with van der Waals surface area (Å²) in [6.45, 7) is 5.34. The Morgan fingerprint density at radius 1 is 1.28 bits per heavy atom. The Kier molecular flexibility index (Phi) is 6.18. The van der Waals surface area contributed by atoms with Gasteiger partial charge in [-0.05, 0) is 68.4 Å². The largest absolute Gasteiger partial charge is 0.507 e. The number of hydrogen-bond donors (Lipinski definition) is 1. The van der Waals surface area contributed by atoms with Crippen molar-refractivity contribution in [3.05, 3.63) is 58.4 Å². The number of ether oxygens (including phenoxy) is 1. The smallest absolute Gasteiger partial charge is 0.163 e. The Balaban J connectivity index is 2.13. The second-order valence-corrected chi connectivity index (χ2v) is 6.50. The van der Waals surface area contributed by atoms with Gasteiger partial charge in [-0.3, -0.25) is 4.79 Å². The zero-order chi connectivity index (χ0) is 18.6. The second-order valence-electron chi connectivity index (χ2n) is 6.50. The highest BCUT2D eigenvalue weighted by molar-refractivity contribution is 5.99. The van der Waals surface area contributed by atoms with E-state index < -0.39 is 0 Å². The van der Waals surface area contributed by atoms with E-state index in [1.54, 1.807) is 32.2 Å². The number of aromatic hydroxyl groups is 1. The Labute approximate surface area is 148 Å². The third-order valence-corrected chi connectivity index (χ3v) is 4.64. The van der Waals surface area contributed by atoms with E-state index in [1.807, 2.05) is 0 Å². The molecule has 134 valence electrons. The lowest BCUT2D eigenvalue weighted by molar-refractivity contribution is 0.101. The number of ketones is 1. The normalized spacial score (nSPS) is 12.0. The average molecular weight is 344 g/mol. The lowest BCUT2D eigenvalue weighted by Gasteiger charge is -2.17. The molecule has 0 spiro atoms. The van der Waals surface area contributed by atoms with Gasteiger partial charge < -0.3 is 9.84 Å². The van der Waals surface area contributed by atoms with Gasteiger partial charge in [0.05, 0.1) is 12.7 Å². The molecule has 1 unspecified atom stereocenters. The van der Waals surface area contributed by atoms with E-state index in [4.69, 9.17) is 4.74 Å². The summed E-state index contributed by atoms with van der Waals surface area (Å²) >= 11 is 0. The predicted octanol–water partition coefficient (Wildman–Crippen LogP) is 5.18. The minimum atomic E-state index is -0.234. The molecule has 0 fully saturated rings. The quantitative estimate of drug-likeness (QED) is 0.704. The highest BCUT2D eigenvalue weighted by atomic mass is 19.1. The number of methoxy groups -OCH3 is 1. The fourth-order valence-corrected chi connectivity index (χ4v) is 3.22. The molecule has 3 nitrogen and oxygen atoms in total. The summed E-state index contributed by atoms with van der Waals surface area (Å²) in [6.07, 6.45) is 2.32. The van der Waals surface area contributed by atoms with E-state index >= 15 is 0 Å². The predicted molar refractivity (Wildman–Crippen MR) is 97.2 cm³/mol. The van der Waals surface area contributed by atoms with Gasteiger partial charge in [-0.15, -0.1) is 0 Å². The molecule has 0 saturated carbocycles. The van der Waals surface area contributed by atoms with Crippen LogP contribution in [0.3, 0.4) is 0 Å². The van der Waals surface area contributed by atoms with E-state index in [2.05, 4.69) is 6.92 Å². The maximum Gasteiger partial charge on any atom is 0.163 e. The highest BCUT2D eigenvalue weighted by Gasteiger charge is 2.19. The summed E-state index contributed by atoms with van der Waals surface area (Å²) in [6, 6.07) is 8.35. The Hall–Kier alpha value is -2.36. The topological polar surface area (TPSA) is 46.5 Å². The Bertz CT molecular complexity index is 751. The zero-order valence-electron chi connectivity index (χ0n) is 15.2. The summed E-state index contributed by atoms with van der Waals surface area (Å²) in [4.78, 5) is 11.8. The van der Waals surface area contributed by atoms with Gasteiger partial charge in [0.2, 0.25) is 0 Å². The molecule has 0 amide bonds. The third kappa shape index (κ3) is 4.38. The van der Waals surface area contributed by atoms with E-state index in [1.165, 1.54) is 19.1 Å². The Morgan fingerprint density at radius 2 is 1.92 bits per heavy atom. The molecule has 0 aliphatic heterocycles. The molecule has 2 aromatic rings. The number of Topliss-reactive ketones (excluding diaryl/α,β-unsaturated/α-hetero) is 1. The molecular formula is C21H25FO3. The first kappa shape index (κ1) is 19.0. The first-order chi connectivity index (χ1) is 11.8. The molecule has 0 aliphatic rings. The summed E-state index contributed by atoms with van der Waals surface area (Å²) in [5.74, 6) is 0.528. The maximum absolute atomic E-state index is 13.0. The molecule has 1 N–H and O–H groups in total. The van der Waals surface area contributed by atoms with Crippen LogP contribution in [0.25, 0.3) is 0 Å². The van der Waals surface area contributed by atoms with E-state index in [-0.39, 0.29) is 23.3 Å². The molecule has 0 heterocycles. The number of carbonyl (C=O) groups excluding carboxylic acids is 1. The second kappa shape index (κ2) is 8.15. The number of rotatable bonds is 7. The van der Waals surface area contributed by atoms with Crippen molar-refractivity contribution in [3.8, 4) is 11.5 Å². The number of benzene rings is 2. The standard InChI is InChI=1S/C21H25FO3/c1-13(16-8-10-17(22)11-9-16)6-5-7-18-19(25-4)12-14(2)20(15(3)23)21(18)24/h8-13,24H,5-7H2,1-4H3. The fourth-order valence-electron chi connectivity index (χ4n) is 3.22. The van der Waals surface area contributed by atoms with Crippen LogP contribution in [0.1, 0.15) is 59.7 Å². The van der Waals surface area contributed by atoms with Gasteiger partial charge in [-0.25, -0.2) is 4.39 Å². The van der Waals surface area contributed by atoms with Crippen molar-refractivity contribution in [2.24, 2.45) is 0 Å². The van der Waals surface area contributed by atoms with Crippen LogP contribution >= 0.6 is 0 Å². The van der Waals surface area contributed by atoms with Crippen LogP contribution in [0.2, 0.25) is 0 Å². The molecule has 1 atom stereocenters. The van der Waals surface area contributed by atoms with Crippen molar-refractivity contribution in [1.82, 2.24) is 0 Å². The van der Waals surface area contributed by atoms with Gasteiger partial charge >= 0.3 is 0 Å². The number of hydrogen-bond acceptors (Lipinski definition) is 3. The number of carbonyl (C=O) groups is 1. The molecule has 0 saturated heterocycles. The van der Waals surface area contributed by atoms with Crippen LogP contribution in [-0.2, 0) is 6.42 Å². The summed E-state index contributed by atoms with van der Waals surface area (Å²) in [5.41, 5.74) is 2.84. The van der Waals surface area contributed by atoms with Crippen molar-refractivity contribution in [1.29, 1.82) is 0 Å². The van der Waals surface area contributed by atoms with Gasteiger partial charge in [0, 0.05) is 5.56 Å². The van der Waals surface area contributed by atoms with Crippen LogP contribution in [0, 0.1) is 12.7 Å². The summed E-state index contributed by atoms with van der Waals surface area (Å²) in [5, 5.41) is 10.5. The first-order valence-electron chi connectivity index (χ1n) is 8.51. The van der Waals surface area contributed by atoms with E-state index in [0.717, 1.165) is 18.4 Å². The van der Waals surface area contributed by atoms with Gasteiger partial charge in [0.15, 0.2) is 5.78 Å². The molecule has 4 heteroatoms. The molecule has 2 aromatic carbocycles. The minimum absolute atomic E-state index is 0.0267. The SMILES string of the molecule is COc1cc(C)c(C(C)=O)c(O)c1CCCC(C)c1ccc(F)cc1. The number of phenolic OH excluding ortho intramolecular Hbond substituents is 1. The van der Waals surface area contributed by atoms with Gasteiger partial charge in [0.25, 0.3) is 0 Å². The molecule has 0 radical (unpaired) electrons. The van der Waals surface area contributed by atoms with Crippen LogP contribution in [0.5, 0.6) is 11.5 Å². The van der Waals surface area contributed by atoms with Crippen molar-refractivity contribution in [2.45, 2.75) is 46.0 Å². The van der Waals surface area contributed by atoms with Crippen molar-refractivity contribution < 1.29 is 19.0 Å². The maximum atomic E-state index is 13.0. The van der Waals surface area contributed by atoms with Gasteiger partial charge in [0.1, 0.15) is 17.3 Å². The van der Waals surface area contributed by atoms with E-state index in [0.29, 0.717) is 28.9 Å². The monoisotopic (exact) mass is 344 g/mol. The zero-order valence-corrected chi connectivity index (χ0v) is 15.2. The third-order valence-electron chi connectivity index (χ3n) is 4.64. The highest BCUT2D eigenvalue weighted by Crippen LogP contribution is 2.36. The van der Waals surface area contributed by atoms with Crippen LogP contribution in [0.4, 0.5) is 4.39 Å². The number of aryl methyl sites for hydroxylation is 1. The molecule has 0 bridgehead atoms. The van der Waals surface area contributed by atoms with E-state index in [9.17, 15) is 14.3 Å². The van der Waals surface area contributed by atoms with Crippen LogP contribution < -0.4 is 4.74 Å².